The summed E-state index contributed by atoms with van der Waals surface area (Å²) in [6, 6.07) is 9.08. The Morgan fingerprint density at radius 3 is 2.62 bits per heavy atom. The zero-order valence-electron chi connectivity index (χ0n) is 8.51. The van der Waals surface area contributed by atoms with E-state index in [1.807, 2.05) is 18.2 Å². The lowest BCUT2D eigenvalue weighted by Crippen LogP contribution is -1.98. The lowest BCUT2D eigenvalue weighted by Gasteiger charge is -1.96. The first-order valence-corrected chi connectivity index (χ1v) is 5.78. The molecule has 0 fully saturated rings. The predicted molar refractivity (Wildman–Crippen MR) is 60.7 cm³/mol. The van der Waals surface area contributed by atoms with Crippen LogP contribution < -0.4 is 0 Å². The molecule has 4 nitrogen and oxygen atoms in total. The number of oxazole rings is 1. The molecule has 2 aromatic rings. The minimum atomic E-state index is -1.08. The van der Waals surface area contributed by atoms with Gasteiger partial charge in [0.05, 0.1) is 0 Å². The summed E-state index contributed by atoms with van der Waals surface area (Å²) in [5.74, 6) is -0.777. The number of aromatic carboxylic acids is 1. The van der Waals surface area contributed by atoms with Crippen molar-refractivity contribution in [2.24, 2.45) is 0 Å². The van der Waals surface area contributed by atoms with E-state index in [0.717, 1.165) is 0 Å². The Morgan fingerprint density at radius 2 is 2.06 bits per heavy atom. The van der Waals surface area contributed by atoms with Crippen LogP contribution in [0.2, 0.25) is 0 Å². The van der Waals surface area contributed by atoms with Crippen LogP contribution in [-0.4, -0.2) is 22.3 Å². The highest BCUT2D eigenvalue weighted by molar-refractivity contribution is 7.98. The minimum Gasteiger partial charge on any atom is -0.476 e. The molecule has 16 heavy (non-hydrogen) atoms. The number of benzene rings is 1. The summed E-state index contributed by atoms with van der Waals surface area (Å²) >= 11 is 1.27. The van der Waals surface area contributed by atoms with Crippen molar-refractivity contribution in [1.82, 2.24) is 4.98 Å². The Kier molecular flexibility index (Phi) is 2.96. The van der Waals surface area contributed by atoms with Crippen LogP contribution in [0.5, 0.6) is 0 Å². The van der Waals surface area contributed by atoms with Gasteiger partial charge in [-0.25, -0.2) is 4.79 Å². The Labute approximate surface area is 96.3 Å². The molecule has 0 bridgehead atoms. The quantitative estimate of drug-likeness (QED) is 0.829. The predicted octanol–water partition coefficient (Wildman–Crippen LogP) is 2.76. The molecule has 0 atom stereocenters. The highest BCUT2D eigenvalue weighted by Gasteiger charge is 2.20. The van der Waals surface area contributed by atoms with Crippen molar-refractivity contribution in [2.75, 3.05) is 6.26 Å². The van der Waals surface area contributed by atoms with Crippen LogP contribution in [0, 0.1) is 0 Å². The molecule has 0 amide bonds. The second-order valence-corrected chi connectivity index (χ2v) is 3.79. The van der Waals surface area contributed by atoms with Crippen molar-refractivity contribution >= 4 is 17.7 Å². The van der Waals surface area contributed by atoms with Gasteiger partial charge in [0.1, 0.15) is 0 Å². The van der Waals surface area contributed by atoms with Gasteiger partial charge in [0.2, 0.25) is 0 Å². The van der Waals surface area contributed by atoms with Gasteiger partial charge >= 0.3 is 5.97 Å². The van der Waals surface area contributed by atoms with Crippen molar-refractivity contribution in [2.45, 2.75) is 5.22 Å². The van der Waals surface area contributed by atoms with E-state index in [9.17, 15) is 4.79 Å². The number of carboxylic acids is 1. The fourth-order valence-corrected chi connectivity index (χ4v) is 1.67. The zero-order valence-corrected chi connectivity index (χ0v) is 9.32. The first-order chi connectivity index (χ1) is 7.72. The fourth-order valence-electron chi connectivity index (χ4n) is 1.32. The molecule has 0 unspecified atom stereocenters. The highest BCUT2D eigenvalue weighted by atomic mass is 32.2. The van der Waals surface area contributed by atoms with Crippen LogP contribution in [-0.2, 0) is 0 Å². The molecule has 0 aliphatic heterocycles. The summed E-state index contributed by atoms with van der Waals surface area (Å²) in [5, 5.41) is 9.36. The first kappa shape index (κ1) is 10.8. The Morgan fingerprint density at radius 1 is 1.38 bits per heavy atom. The normalized spacial score (nSPS) is 10.3. The molecule has 0 aliphatic rings. The van der Waals surface area contributed by atoms with Gasteiger partial charge in [-0.3, -0.25) is 0 Å². The monoisotopic (exact) mass is 235 g/mol. The largest absolute Gasteiger partial charge is 0.476 e. The van der Waals surface area contributed by atoms with Crippen molar-refractivity contribution in [3.8, 4) is 11.3 Å². The number of hydrogen-bond acceptors (Lipinski definition) is 4. The van der Waals surface area contributed by atoms with E-state index in [2.05, 4.69) is 4.98 Å². The van der Waals surface area contributed by atoms with E-state index in [0.29, 0.717) is 16.5 Å². The number of rotatable bonds is 3. The van der Waals surface area contributed by atoms with Gasteiger partial charge in [-0.15, -0.1) is 0 Å². The summed E-state index contributed by atoms with van der Waals surface area (Å²) in [6.07, 6.45) is 1.78. The zero-order chi connectivity index (χ0) is 11.5. The van der Waals surface area contributed by atoms with Gasteiger partial charge in [-0.05, 0) is 6.26 Å². The molecule has 0 saturated heterocycles. The van der Waals surface area contributed by atoms with E-state index in [-0.39, 0.29) is 5.69 Å². The Balaban J connectivity index is 2.55. The molecular weight excluding hydrogens is 226 g/mol. The number of thioether (sulfide) groups is 1. The minimum absolute atomic E-state index is 0.0458. The average Bonchev–Trinajstić information content (AvgIpc) is 2.74. The van der Waals surface area contributed by atoms with Crippen LogP contribution in [0.1, 0.15) is 10.5 Å². The third-order valence-corrected chi connectivity index (χ3v) is 2.54. The van der Waals surface area contributed by atoms with Gasteiger partial charge in [-0.1, -0.05) is 42.1 Å². The van der Waals surface area contributed by atoms with Gasteiger partial charge in [0, 0.05) is 5.56 Å². The molecule has 2 rings (SSSR count). The van der Waals surface area contributed by atoms with Crippen molar-refractivity contribution in [1.29, 1.82) is 0 Å². The van der Waals surface area contributed by atoms with E-state index < -0.39 is 5.97 Å². The van der Waals surface area contributed by atoms with Crippen molar-refractivity contribution < 1.29 is 14.3 Å². The molecule has 1 aromatic carbocycles. The van der Waals surface area contributed by atoms with Crippen LogP contribution >= 0.6 is 11.8 Å². The molecule has 0 radical (unpaired) electrons. The number of carboxylic acid groups (broad SMARTS) is 1. The van der Waals surface area contributed by atoms with E-state index >= 15 is 0 Å². The number of aromatic nitrogens is 1. The van der Waals surface area contributed by atoms with Crippen LogP contribution in [0.3, 0.4) is 0 Å². The second-order valence-electron chi connectivity index (χ2n) is 3.03. The van der Waals surface area contributed by atoms with Crippen LogP contribution in [0.15, 0.2) is 40.0 Å². The molecule has 82 valence electrons. The highest BCUT2D eigenvalue weighted by Crippen LogP contribution is 2.28. The van der Waals surface area contributed by atoms with E-state index in [1.54, 1.807) is 18.4 Å². The summed E-state index contributed by atoms with van der Waals surface area (Å²) in [4.78, 5) is 14.9. The Bertz CT molecular complexity index is 507. The third kappa shape index (κ3) is 1.94. The SMILES string of the molecule is CSc1nc(C(=O)O)c(-c2ccccc2)o1. The maximum absolute atomic E-state index is 11.0. The number of nitrogens with zero attached hydrogens (tertiary/aromatic N) is 1. The van der Waals surface area contributed by atoms with E-state index in [1.165, 1.54) is 11.8 Å². The molecular formula is C11H9NO3S. The number of hydrogen-bond donors (Lipinski definition) is 1. The number of carbonyl (C=O) groups is 1. The van der Waals surface area contributed by atoms with Gasteiger partial charge in [0.25, 0.3) is 5.22 Å². The van der Waals surface area contributed by atoms with Crippen molar-refractivity contribution in [3.63, 3.8) is 0 Å². The van der Waals surface area contributed by atoms with Crippen LogP contribution in [0.4, 0.5) is 0 Å². The molecule has 1 aromatic heterocycles. The molecule has 0 aliphatic carbocycles. The van der Waals surface area contributed by atoms with Crippen molar-refractivity contribution in [3.05, 3.63) is 36.0 Å². The summed E-state index contributed by atoms with van der Waals surface area (Å²) in [5.41, 5.74) is 0.670. The van der Waals surface area contributed by atoms with E-state index in [4.69, 9.17) is 9.52 Å². The Hall–Kier alpha value is -1.75. The maximum atomic E-state index is 11.0. The van der Waals surface area contributed by atoms with Gasteiger partial charge in [-0.2, -0.15) is 4.98 Å². The summed E-state index contributed by atoms with van der Waals surface area (Å²) < 4.78 is 5.38. The lowest BCUT2D eigenvalue weighted by atomic mass is 10.1. The summed E-state index contributed by atoms with van der Waals surface area (Å²) in [7, 11) is 0. The molecule has 1 heterocycles. The molecule has 0 spiro atoms. The van der Waals surface area contributed by atoms with Gasteiger partial charge in [0.15, 0.2) is 11.5 Å². The first-order valence-electron chi connectivity index (χ1n) is 4.56. The van der Waals surface area contributed by atoms with Crippen LogP contribution in [0.25, 0.3) is 11.3 Å². The molecule has 1 N–H and O–H groups in total. The lowest BCUT2D eigenvalue weighted by molar-refractivity contribution is 0.0691. The third-order valence-electron chi connectivity index (χ3n) is 2.02. The standard InChI is InChI=1S/C11H9NO3S/c1-16-11-12-8(10(13)14)9(15-11)7-5-3-2-4-6-7/h2-6H,1H3,(H,13,14). The smallest absolute Gasteiger partial charge is 0.358 e. The average molecular weight is 235 g/mol. The van der Waals surface area contributed by atoms with Gasteiger partial charge < -0.3 is 9.52 Å². The maximum Gasteiger partial charge on any atom is 0.358 e. The molecule has 5 heteroatoms. The topological polar surface area (TPSA) is 63.3 Å². The molecule has 0 saturated carbocycles. The fraction of sp³-hybridized carbons (Fsp3) is 0.0909. The summed E-state index contributed by atoms with van der Waals surface area (Å²) in [6.45, 7) is 0. The second kappa shape index (κ2) is 4.40.